The van der Waals surface area contributed by atoms with Crippen LogP contribution in [0.1, 0.15) is 42.3 Å². The number of amides is 1. The van der Waals surface area contributed by atoms with E-state index in [1.807, 2.05) is 17.9 Å². The smallest absolute Gasteiger partial charge is 0.253 e. The van der Waals surface area contributed by atoms with E-state index < -0.39 is 0 Å². The third-order valence-electron chi connectivity index (χ3n) is 3.59. The van der Waals surface area contributed by atoms with Crippen LogP contribution in [0.25, 0.3) is 0 Å². The fourth-order valence-electron chi connectivity index (χ4n) is 2.59. The molecule has 1 aliphatic heterocycles. The normalized spacial score (nSPS) is 14.3. The number of carbonyl (C=O) groups excluding carboxylic acids is 1. The molecule has 1 aliphatic rings. The molecule has 1 N–H and O–H groups in total. The maximum atomic E-state index is 12.5. The topological polar surface area (TPSA) is 32.3 Å². The number of fused-ring (bicyclic) bond motifs is 1. The molecule has 2 rings (SSSR count). The van der Waals surface area contributed by atoms with E-state index in [0.29, 0.717) is 5.92 Å². The van der Waals surface area contributed by atoms with Crippen LogP contribution in [0.15, 0.2) is 18.2 Å². The van der Waals surface area contributed by atoms with Gasteiger partial charge in [-0.1, -0.05) is 19.9 Å². The number of hydrogen-bond donors (Lipinski definition) is 1. The Morgan fingerprint density at radius 1 is 1.37 bits per heavy atom. The molecule has 1 aromatic carbocycles. The molecule has 0 unspecified atom stereocenters. The van der Waals surface area contributed by atoms with Crippen molar-refractivity contribution in [1.82, 2.24) is 10.2 Å². The summed E-state index contributed by atoms with van der Waals surface area (Å²) in [7, 11) is 0. The molecule has 0 radical (unpaired) electrons. The maximum Gasteiger partial charge on any atom is 0.253 e. The number of nitrogens with zero attached hydrogens (tertiary/aromatic N) is 1. The van der Waals surface area contributed by atoms with Crippen molar-refractivity contribution in [2.24, 2.45) is 5.92 Å². The van der Waals surface area contributed by atoms with E-state index in [9.17, 15) is 4.79 Å². The lowest BCUT2D eigenvalue weighted by atomic mass is 9.98. The lowest BCUT2D eigenvalue weighted by Crippen LogP contribution is -2.34. The zero-order valence-electron chi connectivity index (χ0n) is 12.2. The van der Waals surface area contributed by atoms with Crippen molar-refractivity contribution in [2.75, 3.05) is 19.6 Å². The summed E-state index contributed by atoms with van der Waals surface area (Å²) in [4.78, 5) is 14.4. The predicted octanol–water partition coefficient (Wildman–Crippen LogP) is 2.45. The van der Waals surface area contributed by atoms with Crippen LogP contribution < -0.4 is 5.32 Å². The molecule has 0 spiro atoms. The molecule has 1 amide bonds. The summed E-state index contributed by atoms with van der Waals surface area (Å²) >= 11 is 0. The van der Waals surface area contributed by atoms with Crippen LogP contribution in [-0.4, -0.2) is 30.4 Å². The number of carbonyl (C=O) groups is 1. The predicted molar refractivity (Wildman–Crippen MR) is 78.3 cm³/mol. The monoisotopic (exact) mass is 260 g/mol. The average Bonchev–Trinajstić information content (AvgIpc) is 2.43. The van der Waals surface area contributed by atoms with Crippen molar-refractivity contribution in [3.63, 3.8) is 0 Å². The zero-order valence-corrected chi connectivity index (χ0v) is 12.2. The fourth-order valence-corrected chi connectivity index (χ4v) is 2.59. The highest BCUT2D eigenvalue weighted by atomic mass is 16.2. The Balaban J connectivity index is 2.18. The first kappa shape index (κ1) is 14.1. The van der Waals surface area contributed by atoms with Gasteiger partial charge in [-0.2, -0.15) is 0 Å². The van der Waals surface area contributed by atoms with Crippen LogP contribution in [0.5, 0.6) is 0 Å². The minimum atomic E-state index is 0.157. The maximum absolute atomic E-state index is 12.5. The van der Waals surface area contributed by atoms with Crippen LogP contribution in [-0.2, 0) is 13.0 Å². The molecule has 1 aromatic rings. The van der Waals surface area contributed by atoms with Crippen LogP contribution in [0, 0.1) is 5.92 Å². The van der Waals surface area contributed by atoms with Gasteiger partial charge in [0.15, 0.2) is 0 Å². The summed E-state index contributed by atoms with van der Waals surface area (Å²) in [6, 6.07) is 6.16. The summed E-state index contributed by atoms with van der Waals surface area (Å²) in [6.45, 7) is 9.85. The molecule has 0 aromatic heterocycles. The summed E-state index contributed by atoms with van der Waals surface area (Å²) in [5, 5.41) is 3.36. The largest absolute Gasteiger partial charge is 0.339 e. The molecule has 104 valence electrons. The quantitative estimate of drug-likeness (QED) is 0.902. The molecule has 0 atom stereocenters. The minimum absolute atomic E-state index is 0.157. The van der Waals surface area contributed by atoms with Gasteiger partial charge in [0.1, 0.15) is 0 Å². The summed E-state index contributed by atoms with van der Waals surface area (Å²) in [5.74, 6) is 0.660. The van der Waals surface area contributed by atoms with Gasteiger partial charge < -0.3 is 10.2 Å². The first-order valence-electron chi connectivity index (χ1n) is 7.23. The van der Waals surface area contributed by atoms with Gasteiger partial charge in [0.25, 0.3) is 5.91 Å². The Bertz CT molecular complexity index is 454. The van der Waals surface area contributed by atoms with E-state index >= 15 is 0 Å². The Morgan fingerprint density at radius 2 is 2.16 bits per heavy atom. The SMILES string of the molecule is CCN(CC(C)C)C(=O)c1ccc2c(c1)CNCC2. The van der Waals surface area contributed by atoms with Crippen molar-refractivity contribution in [3.8, 4) is 0 Å². The van der Waals surface area contributed by atoms with Gasteiger partial charge in [-0.25, -0.2) is 0 Å². The Labute approximate surface area is 116 Å². The van der Waals surface area contributed by atoms with Crippen molar-refractivity contribution < 1.29 is 4.79 Å². The second-order valence-corrected chi connectivity index (χ2v) is 5.65. The van der Waals surface area contributed by atoms with Gasteiger partial charge >= 0.3 is 0 Å². The lowest BCUT2D eigenvalue weighted by Gasteiger charge is -2.24. The lowest BCUT2D eigenvalue weighted by molar-refractivity contribution is 0.0745. The molecular formula is C16H24N2O. The van der Waals surface area contributed by atoms with Gasteiger partial charge in [0.2, 0.25) is 0 Å². The summed E-state index contributed by atoms with van der Waals surface area (Å²) in [6.07, 6.45) is 1.06. The highest BCUT2D eigenvalue weighted by Crippen LogP contribution is 2.17. The van der Waals surface area contributed by atoms with Gasteiger partial charge in [0, 0.05) is 25.2 Å². The van der Waals surface area contributed by atoms with E-state index in [4.69, 9.17) is 0 Å². The summed E-state index contributed by atoms with van der Waals surface area (Å²) < 4.78 is 0. The first-order chi connectivity index (χ1) is 9.11. The van der Waals surface area contributed by atoms with E-state index in [1.54, 1.807) is 0 Å². The highest BCUT2D eigenvalue weighted by molar-refractivity contribution is 5.94. The molecule has 19 heavy (non-hydrogen) atoms. The van der Waals surface area contributed by atoms with Gasteiger partial charge in [0.05, 0.1) is 0 Å². The van der Waals surface area contributed by atoms with Crippen molar-refractivity contribution in [1.29, 1.82) is 0 Å². The molecule has 0 fully saturated rings. The zero-order chi connectivity index (χ0) is 13.8. The van der Waals surface area contributed by atoms with Gasteiger partial charge in [-0.3, -0.25) is 4.79 Å². The van der Waals surface area contributed by atoms with Crippen molar-refractivity contribution >= 4 is 5.91 Å². The Hall–Kier alpha value is -1.35. The first-order valence-corrected chi connectivity index (χ1v) is 7.23. The van der Waals surface area contributed by atoms with Crippen LogP contribution in [0.3, 0.4) is 0 Å². The molecule has 0 bridgehead atoms. The van der Waals surface area contributed by atoms with Crippen molar-refractivity contribution in [3.05, 3.63) is 34.9 Å². The average molecular weight is 260 g/mol. The third kappa shape index (κ3) is 3.35. The van der Waals surface area contributed by atoms with Gasteiger partial charge in [-0.05, 0) is 49.1 Å². The summed E-state index contributed by atoms with van der Waals surface area (Å²) in [5.41, 5.74) is 3.48. The Kier molecular flexibility index (Phi) is 4.59. The molecule has 0 saturated carbocycles. The molecule has 1 heterocycles. The van der Waals surface area contributed by atoms with E-state index in [-0.39, 0.29) is 5.91 Å². The molecule has 3 heteroatoms. The fraction of sp³-hybridized carbons (Fsp3) is 0.562. The number of hydrogen-bond acceptors (Lipinski definition) is 2. The van der Waals surface area contributed by atoms with Crippen LogP contribution in [0.4, 0.5) is 0 Å². The Morgan fingerprint density at radius 3 is 2.84 bits per heavy atom. The standard InChI is InChI=1S/C16H24N2O/c1-4-18(11-12(2)3)16(19)14-6-5-13-7-8-17-10-15(13)9-14/h5-6,9,12,17H,4,7-8,10-11H2,1-3H3. The van der Waals surface area contributed by atoms with Crippen LogP contribution in [0.2, 0.25) is 0 Å². The second-order valence-electron chi connectivity index (χ2n) is 5.65. The molecule has 0 aliphatic carbocycles. The van der Waals surface area contributed by atoms with Gasteiger partial charge in [-0.15, -0.1) is 0 Å². The molecule has 3 nitrogen and oxygen atoms in total. The minimum Gasteiger partial charge on any atom is -0.339 e. The third-order valence-corrected chi connectivity index (χ3v) is 3.59. The van der Waals surface area contributed by atoms with E-state index in [1.165, 1.54) is 11.1 Å². The van der Waals surface area contributed by atoms with E-state index in [2.05, 4.69) is 31.3 Å². The number of benzene rings is 1. The van der Waals surface area contributed by atoms with Crippen molar-refractivity contribution in [2.45, 2.75) is 33.7 Å². The number of rotatable bonds is 4. The van der Waals surface area contributed by atoms with E-state index in [0.717, 1.165) is 38.2 Å². The van der Waals surface area contributed by atoms with Crippen LogP contribution >= 0.6 is 0 Å². The highest BCUT2D eigenvalue weighted by Gasteiger charge is 2.17. The molecular weight excluding hydrogens is 236 g/mol. The number of nitrogens with one attached hydrogen (secondary N) is 1. The molecule has 0 saturated heterocycles. The second kappa shape index (κ2) is 6.20.